The minimum absolute atomic E-state index is 0.135. The number of benzene rings is 1. The molecule has 1 fully saturated rings. The summed E-state index contributed by atoms with van der Waals surface area (Å²) in [5.41, 5.74) is 1.90. The maximum Gasteiger partial charge on any atom is 0.272 e. The Hall–Kier alpha value is -1.66. The third kappa shape index (κ3) is 3.92. The normalized spacial score (nSPS) is 17.4. The van der Waals surface area contributed by atoms with E-state index in [0.29, 0.717) is 5.56 Å². The fourth-order valence-corrected chi connectivity index (χ4v) is 2.90. The van der Waals surface area contributed by atoms with Gasteiger partial charge in [0, 0.05) is 36.4 Å². The molecule has 21 heavy (non-hydrogen) atoms. The molecule has 2 N–H and O–H groups in total. The number of anilines is 1. The van der Waals surface area contributed by atoms with Crippen LogP contribution in [0, 0.1) is 22.5 Å². The molecule has 2 rings (SSSR count). The second-order valence-electron chi connectivity index (χ2n) is 5.79. The second kappa shape index (κ2) is 6.87. The SMILES string of the molecule is COCC1(CNc2ccc([N+](=O)[O-])c(C)c2)CCNCC1. The highest BCUT2D eigenvalue weighted by molar-refractivity contribution is 5.53. The lowest BCUT2D eigenvalue weighted by Gasteiger charge is -2.37. The summed E-state index contributed by atoms with van der Waals surface area (Å²) >= 11 is 0. The van der Waals surface area contributed by atoms with Crippen LogP contribution in [0.3, 0.4) is 0 Å². The first kappa shape index (κ1) is 15.7. The van der Waals surface area contributed by atoms with Gasteiger partial charge in [0.1, 0.15) is 0 Å². The molecule has 0 aromatic heterocycles. The van der Waals surface area contributed by atoms with Crippen molar-refractivity contribution in [1.29, 1.82) is 0 Å². The Balaban J connectivity index is 2.03. The smallest absolute Gasteiger partial charge is 0.272 e. The van der Waals surface area contributed by atoms with Gasteiger partial charge in [0.2, 0.25) is 0 Å². The molecule has 1 aliphatic rings. The fraction of sp³-hybridized carbons (Fsp3) is 0.600. The minimum Gasteiger partial charge on any atom is -0.384 e. The van der Waals surface area contributed by atoms with Gasteiger partial charge in [-0.3, -0.25) is 10.1 Å². The van der Waals surface area contributed by atoms with E-state index >= 15 is 0 Å². The maximum atomic E-state index is 10.8. The number of ether oxygens (including phenoxy) is 1. The first-order chi connectivity index (χ1) is 10.1. The van der Waals surface area contributed by atoms with E-state index in [9.17, 15) is 10.1 Å². The van der Waals surface area contributed by atoms with Gasteiger partial charge in [-0.15, -0.1) is 0 Å². The van der Waals surface area contributed by atoms with Gasteiger partial charge in [0.05, 0.1) is 11.5 Å². The average Bonchev–Trinajstić information content (AvgIpc) is 2.46. The molecule has 1 aliphatic heterocycles. The number of hydrogen-bond donors (Lipinski definition) is 2. The first-order valence-electron chi connectivity index (χ1n) is 7.25. The molecule has 0 amide bonds. The van der Waals surface area contributed by atoms with Crippen molar-refractivity contribution in [3.63, 3.8) is 0 Å². The lowest BCUT2D eigenvalue weighted by Crippen LogP contribution is -2.44. The van der Waals surface area contributed by atoms with Crippen molar-refractivity contribution in [1.82, 2.24) is 5.32 Å². The Labute approximate surface area is 125 Å². The first-order valence-corrected chi connectivity index (χ1v) is 7.25. The largest absolute Gasteiger partial charge is 0.384 e. The minimum atomic E-state index is -0.349. The molecule has 1 saturated heterocycles. The predicted molar refractivity (Wildman–Crippen MR) is 82.7 cm³/mol. The average molecular weight is 293 g/mol. The third-order valence-corrected chi connectivity index (χ3v) is 4.18. The zero-order valence-electron chi connectivity index (χ0n) is 12.6. The van der Waals surface area contributed by atoms with Crippen LogP contribution in [0.15, 0.2) is 18.2 Å². The summed E-state index contributed by atoms with van der Waals surface area (Å²) in [5, 5.41) is 17.6. The van der Waals surface area contributed by atoms with Gasteiger partial charge in [-0.2, -0.15) is 0 Å². The molecule has 0 atom stereocenters. The summed E-state index contributed by atoms with van der Waals surface area (Å²) in [7, 11) is 1.74. The van der Waals surface area contributed by atoms with Crippen molar-refractivity contribution >= 4 is 11.4 Å². The Morgan fingerprint density at radius 3 is 2.71 bits per heavy atom. The van der Waals surface area contributed by atoms with Crippen LogP contribution in [0.1, 0.15) is 18.4 Å². The van der Waals surface area contributed by atoms with Gasteiger partial charge in [0.25, 0.3) is 5.69 Å². The number of nitro groups is 1. The summed E-state index contributed by atoms with van der Waals surface area (Å²) in [5.74, 6) is 0. The standard InChI is InChI=1S/C15H23N3O3/c1-12-9-13(3-4-14(12)18(19)20)17-10-15(11-21-2)5-7-16-8-6-15/h3-4,9,16-17H,5-8,10-11H2,1-2H3. The van der Waals surface area contributed by atoms with Gasteiger partial charge >= 0.3 is 0 Å². The second-order valence-corrected chi connectivity index (χ2v) is 5.79. The van der Waals surface area contributed by atoms with Crippen LogP contribution >= 0.6 is 0 Å². The van der Waals surface area contributed by atoms with Crippen molar-refractivity contribution in [2.45, 2.75) is 19.8 Å². The van der Waals surface area contributed by atoms with Crippen molar-refractivity contribution in [2.24, 2.45) is 5.41 Å². The Kier molecular flexibility index (Phi) is 5.14. The molecule has 0 spiro atoms. The van der Waals surface area contributed by atoms with Crippen LogP contribution in [0.5, 0.6) is 0 Å². The van der Waals surface area contributed by atoms with Crippen LogP contribution in [0.2, 0.25) is 0 Å². The number of piperidine rings is 1. The van der Waals surface area contributed by atoms with E-state index in [0.717, 1.165) is 44.8 Å². The molecule has 0 bridgehead atoms. The lowest BCUT2D eigenvalue weighted by atomic mass is 9.79. The molecule has 1 heterocycles. The van der Waals surface area contributed by atoms with E-state index in [2.05, 4.69) is 10.6 Å². The highest BCUT2D eigenvalue weighted by atomic mass is 16.6. The fourth-order valence-electron chi connectivity index (χ4n) is 2.90. The molecular weight excluding hydrogens is 270 g/mol. The van der Waals surface area contributed by atoms with E-state index in [4.69, 9.17) is 4.74 Å². The van der Waals surface area contributed by atoms with E-state index in [-0.39, 0.29) is 16.0 Å². The van der Waals surface area contributed by atoms with Crippen LogP contribution in [0.4, 0.5) is 11.4 Å². The van der Waals surface area contributed by atoms with Crippen LogP contribution in [0.25, 0.3) is 0 Å². The van der Waals surface area contributed by atoms with Gasteiger partial charge in [0.15, 0.2) is 0 Å². The molecule has 6 heteroatoms. The summed E-state index contributed by atoms with van der Waals surface area (Å²) in [6.07, 6.45) is 2.14. The van der Waals surface area contributed by atoms with E-state index in [1.165, 1.54) is 0 Å². The van der Waals surface area contributed by atoms with Crippen molar-refractivity contribution in [3.05, 3.63) is 33.9 Å². The summed E-state index contributed by atoms with van der Waals surface area (Å²) < 4.78 is 5.39. The number of rotatable bonds is 6. The predicted octanol–water partition coefficient (Wildman–Crippen LogP) is 2.33. The van der Waals surface area contributed by atoms with Gasteiger partial charge in [-0.05, 0) is 45.0 Å². The molecule has 116 valence electrons. The van der Waals surface area contributed by atoms with Gasteiger partial charge in [-0.25, -0.2) is 0 Å². The highest BCUT2D eigenvalue weighted by Crippen LogP contribution is 2.30. The zero-order chi connectivity index (χ0) is 15.3. The Morgan fingerprint density at radius 1 is 1.43 bits per heavy atom. The summed E-state index contributed by atoms with van der Waals surface area (Å²) in [6.45, 7) is 5.32. The topological polar surface area (TPSA) is 76.4 Å². The summed E-state index contributed by atoms with van der Waals surface area (Å²) in [4.78, 5) is 10.5. The van der Waals surface area contributed by atoms with Crippen LogP contribution in [-0.2, 0) is 4.74 Å². The van der Waals surface area contributed by atoms with Crippen molar-refractivity contribution < 1.29 is 9.66 Å². The molecule has 1 aromatic carbocycles. The van der Waals surface area contributed by atoms with Gasteiger partial charge < -0.3 is 15.4 Å². The number of methoxy groups -OCH3 is 1. The molecule has 0 aliphatic carbocycles. The lowest BCUT2D eigenvalue weighted by molar-refractivity contribution is -0.385. The molecule has 6 nitrogen and oxygen atoms in total. The highest BCUT2D eigenvalue weighted by Gasteiger charge is 2.31. The van der Waals surface area contributed by atoms with E-state index < -0.39 is 0 Å². The molecular formula is C15H23N3O3. The Morgan fingerprint density at radius 2 is 2.14 bits per heavy atom. The number of nitrogens with zero attached hydrogens (tertiary/aromatic N) is 1. The monoisotopic (exact) mass is 293 g/mol. The molecule has 0 unspecified atom stereocenters. The maximum absolute atomic E-state index is 10.8. The van der Waals surface area contributed by atoms with Crippen molar-refractivity contribution in [2.75, 3.05) is 38.7 Å². The Bertz CT molecular complexity index is 493. The van der Waals surface area contributed by atoms with Crippen LogP contribution < -0.4 is 10.6 Å². The number of aryl methyl sites for hydroxylation is 1. The van der Waals surface area contributed by atoms with Crippen molar-refractivity contribution in [3.8, 4) is 0 Å². The van der Waals surface area contributed by atoms with Crippen LogP contribution in [-0.4, -0.2) is 38.3 Å². The molecule has 0 saturated carbocycles. The number of hydrogen-bond acceptors (Lipinski definition) is 5. The number of nitro benzene ring substituents is 1. The van der Waals surface area contributed by atoms with E-state index in [1.54, 1.807) is 26.2 Å². The summed E-state index contributed by atoms with van der Waals surface area (Å²) in [6, 6.07) is 5.16. The van der Waals surface area contributed by atoms with E-state index in [1.807, 2.05) is 6.07 Å². The molecule has 0 radical (unpaired) electrons. The quantitative estimate of drug-likeness (QED) is 0.622. The number of nitrogens with one attached hydrogen (secondary N) is 2. The van der Waals surface area contributed by atoms with Gasteiger partial charge in [-0.1, -0.05) is 0 Å². The zero-order valence-corrected chi connectivity index (χ0v) is 12.6. The molecule has 1 aromatic rings. The third-order valence-electron chi connectivity index (χ3n) is 4.18.